The van der Waals surface area contributed by atoms with Crippen molar-refractivity contribution in [3.63, 3.8) is 0 Å². The maximum Gasteiger partial charge on any atom is 0.234 e. The third-order valence-corrected chi connectivity index (χ3v) is 2.33. The molecule has 0 aromatic carbocycles. The van der Waals surface area contributed by atoms with E-state index in [0.29, 0.717) is 12.3 Å². The Kier molecular flexibility index (Phi) is 5.69. The predicted molar refractivity (Wildman–Crippen MR) is 66.4 cm³/mol. The van der Waals surface area contributed by atoms with E-state index in [1.54, 1.807) is 0 Å². The van der Waals surface area contributed by atoms with Crippen molar-refractivity contribution in [1.82, 2.24) is 9.97 Å². The number of aromatic nitrogens is 2. The Morgan fingerprint density at radius 3 is 2.88 bits per heavy atom. The van der Waals surface area contributed by atoms with Gasteiger partial charge >= 0.3 is 0 Å². The number of methoxy groups -OCH3 is 1. The lowest BCUT2D eigenvalue weighted by molar-refractivity contribution is -0.116. The molecule has 0 atom stereocenters. The minimum atomic E-state index is -0.109. The van der Waals surface area contributed by atoms with Crippen molar-refractivity contribution in [3.05, 3.63) is 11.2 Å². The number of hydrogen-bond donors (Lipinski definition) is 1. The fourth-order valence-electron chi connectivity index (χ4n) is 1.28. The predicted octanol–water partition coefficient (Wildman–Crippen LogP) is 2.66. The highest BCUT2D eigenvalue weighted by atomic mass is 35.5. The van der Waals surface area contributed by atoms with Crippen molar-refractivity contribution in [2.45, 2.75) is 32.6 Å². The summed E-state index contributed by atoms with van der Waals surface area (Å²) in [4.78, 5) is 19.4. The number of carbonyl (C=O) groups is 1. The molecule has 0 radical (unpaired) electrons. The van der Waals surface area contributed by atoms with Gasteiger partial charge in [0, 0.05) is 12.5 Å². The molecule has 0 saturated heterocycles. The van der Waals surface area contributed by atoms with Crippen LogP contribution in [-0.4, -0.2) is 23.0 Å². The number of halogens is 1. The van der Waals surface area contributed by atoms with Gasteiger partial charge in [0.25, 0.3) is 0 Å². The Labute approximate surface area is 106 Å². The molecule has 1 aromatic rings. The molecular weight excluding hydrogens is 242 g/mol. The molecule has 0 bridgehead atoms. The number of amides is 1. The second-order valence-corrected chi connectivity index (χ2v) is 3.95. The first-order chi connectivity index (χ1) is 8.15. The van der Waals surface area contributed by atoms with Gasteiger partial charge < -0.3 is 4.74 Å². The summed E-state index contributed by atoms with van der Waals surface area (Å²) in [6, 6.07) is 1.48. The van der Waals surface area contributed by atoms with Crippen molar-refractivity contribution < 1.29 is 9.53 Å². The second-order valence-electron chi connectivity index (χ2n) is 3.56. The number of ether oxygens (including phenoxy) is 1. The summed E-state index contributed by atoms with van der Waals surface area (Å²) in [7, 11) is 1.48. The third-order valence-electron chi connectivity index (χ3n) is 2.14. The number of hydrogen-bond acceptors (Lipinski definition) is 4. The van der Waals surface area contributed by atoms with Gasteiger partial charge in [-0.3, -0.25) is 10.1 Å². The molecule has 1 amide bonds. The van der Waals surface area contributed by atoms with Gasteiger partial charge in [0.05, 0.1) is 7.11 Å². The molecule has 5 nitrogen and oxygen atoms in total. The zero-order valence-corrected chi connectivity index (χ0v) is 10.8. The molecule has 0 unspecified atom stereocenters. The summed E-state index contributed by atoms with van der Waals surface area (Å²) >= 11 is 5.76. The largest absolute Gasteiger partial charge is 0.481 e. The monoisotopic (exact) mass is 257 g/mol. The molecule has 0 saturated carbocycles. The Morgan fingerprint density at radius 2 is 2.24 bits per heavy atom. The van der Waals surface area contributed by atoms with Gasteiger partial charge in [0.2, 0.25) is 17.7 Å². The lowest BCUT2D eigenvalue weighted by atomic mass is 10.2. The van der Waals surface area contributed by atoms with Crippen LogP contribution in [0.3, 0.4) is 0 Å². The van der Waals surface area contributed by atoms with Crippen LogP contribution in [0.1, 0.15) is 32.6 Å². The maximum atomic E-state index is 11.5. The molecule has 1 aromatic heterocycles. The van der Waals surface area contributed by atoms with E-state index in [-0.39, 0.29) is 17.0 Å². The van der Waals surface area contributed by atoms with E-state index in [4.69, 9.17) is 16.3 Å². The van der Waals surface area contributed by atoms with Crippen LogP contribution in [0, 0.1) is 0 Å². The first kappa shape index (κ1) is 13.7. The van der Waals surface area contributed by atoms with E-state index >= 15 is 0 Å². The number of rotatable bonds is 6. The van der Waals surface area contributed by atoms with E-state index in [1.165, 1.54) is 13.2 Å². The van der Waals surface area contributed by atoms with Crippen molar-refractivity contribution in [2.75, 3.05) is 12.4 Å². The molecule has 6 heteroatoms. The number of nitrogens with zero attached hydrogens (tertiary/aromatic N) is 2. The van der Waals surface area contributed by atoms with E-state index in [0.717, 1.165) is 19.3 Å². The van der Waals surface area contributed by atoms with E-state index < -0.39 is 0 Å². The number of unbranched alkanes of at least 4 members (excludes halogenated alkanes) is 2. The van der Waals surface area contributed by atoms with Crippen LogP contribution in [0.15, 0.2) is 6.07 Å². The minimum absolute atomic E-state index is 0.109. The van der Waals surface area contributed by atoms with Gasteiger partial charge in [-0.25, -0.2) is 4.98 Å². The lowest BCUT2D eigenvalue weighted by Gasteiger charge is -2.05. The molecule has 1 rings (SSSR count). The van der Waals surface area contributed by atoms with Crippen LogP contribution >= 0.6 is 11.6 Å². The van der Waals surface area contributed by atoms with Crippen molar-refractivity contribution in [2.24, 2.45) is 0 Å². The quantitative estimate of drug-likeness (QED) is 0.629. The van der Waals surface area contributed by atoms with E-state index in [9.17, 15) is 4.79 Å². The lowest BCUT2D eigenvalue weighted by Crippen LogP contribution is -2.13. The Balaban J connectivity index is 2.55. The molecule has 94 valence electrons. The topological polar surface area (TPSA) is 64.1 Å². The molecule has 0 aliphatic carbocycles. The summed E-state index contributed by atoms with van der Waals surface area (Å²) in [6.07, 6.45) is 3.44. The normalized spacial score (nSPS) is 10.1. The SMILES string of the molecule is CCCCCC(=O)Nc1nc(Cl)cc(OC)n1. The van der Waals surface area contributed by atoms with Crippen LogP contribution in [0.2, 0.25) is 5.15 Å². The molecule has 0 spiro atoms. The highest BCUT2D eigenvalue weighted by Crippen LogP contribution is 2.15. The minimum Gasteiger partial charge on any atom is -0.481 e. The van der Waals surface area contributed by atoms with Crippen LogP contribution in [0.4, 0.5) is 5.95 Å². The van der Waals surface area contributed by atoms with Gasteiger partial charge in [-0.2, -0.15) is 4.98 Å². The molecule has 17 heavy (non-hydrogen) atoms. The van der Waals surface area contributed by atoms with Gasteiger partial charge in [-0.1, -0.05) is 31.4 Å². The van der Waals surface area contributed by atoms with Gasteiger partial charge in [-0.05, 0) is 6.42 Å². The average molecular weight is 258 g/mol. The first-order valence-corrected chi connectivity index (χ1v) is 5.92. The molecule has 0 aliphatic heterocycles. The number of nitrogens with one attached hydrogen (secondary N) is 1. The Bertz CT molecular complexity index is 385. The zero-order valence-electron chi connectivity index (χ0n) is 9.99. The summed E-state index contributed by atoms with van der Waals surface area (Å²) in [6.45, 7) is 2.09. The van der Waals surface area contributed by atoms with Crippen LogP contribution in [-0.2, 0) is 4.79 Å². The van der Waals surface area contributed by atoms with Gasteiger partial charge in [0.15, 0.2) is 0 Å². The molecular formula is C11H16ClN3O2. The van der Waals surface area contributed by atoms with Gasteiger partial charge in [-0.15, -0.1) is 0 Å². The number of carbonyl (C=O) groups excluding carboxylic acids is 1. The fraction of sp³-hybridized carbons (Fsp3) is 0.545. The summed E-state index contributed by atoms with van der Waals surface area (Å²) in [5, 5.41) is 2.83. The third kappa shape index (κ3) is 4.99. The average Bonchev–Trinajstić information content (AvgIpc) is 2.28. The zero-order chi connectivity index (χ0) is 12.7. The van der Waals surface area contributed by atoms with Crippen LogP contribution < -0.4 is 10.1 Å². The van der Waals surface area contributed by atoms with Crippen molar-refractivity contribution in [1.29, 1.82) is 0 Å². The van der Waals surface area contributed by atoms with E-state index in [1.807, 2.05) is 0 Å². The summed E-state index contributed by atoms with van der Waals surface area (Å²) in [5.74, 6) is 0.396. The Morgan fingerprint density at radius 1 is 1.47 bits per heavy atom. The summed E-state index contributed by atoms with van der Waals surface area (Å²) in [5.41, 5.74) is 0. The van der Waals surface area contributed by atoms with Gasteiger partial charge in [0.1, 0.15) is 5.15 Å². The van der Waals surface area contributed by atoms with Crippen LogP contribution in [0.25, 0.3) is 0 Å². The maximum absolute atomic E-state index is 11.5. The number of anilines is 1. The molecule has 0 aliphatic rings. The fourth-order valence-corrected chi connectivity index (χ4v) is 1.45. The first-order valence-electron chi connectivity index (χ1n) is 5.54. The smallest absolute Gasteiger partial charge is 0.234 e. The summed E-state index contributed by atoms with van der Waals surface area (Å²) < 4.78 is 4.93. The Hall–Kier alpha value is -1.36. The standard InChI is InChI=1S/C11H16ClN3O2/c1-3-4-5-6-9(16)14-11-13-8(12)7-10(15-11)17-2/h7H,3-6H2,1-2H3,(H,13,14,15,16). The van der Waals surface area contributed by atoms with E-state index in [2.05, 4.69) is 22.2 Å². The molecule has 0 fully saturated rings. The second kappa shape index (κ2) is 7.06. The van der Waals surface area contributed by atoms with Crippen molar-refractivity contribution in [3.8, 4) is 5.88 Å². The van der Waals surface area contributed by atoms with Crippen LogP contribution in [0.5, 0.6) is 5.88 Å². The highest BCUT2D eigenvalue weighted by molar-refractivity contribution is 6.29. The molecule has 1 heterocycles. The van der Waals surface area contributed by atoms with Crippen molar-refractivity contribution >= 4 is 23.5 Å². The highest BCUT2D eigenvalue weighted by Gasteiger charge is 2.07. The molecule has 1 N–H and O–H groups in total.